The molecule has 0 aromatic rings. The maximum Gasteiger partial charge on any atom is 0.220 e. The van der Waals surface area contributed by atoms with Gasteiger partial charge in [-0.2, -0.15) is 0 Å². The van der Waals surface area contributed by atoms with Crippen LogP contribution in [0.2, 0.25) is 0 Å². The lowest BCUT2D eigenvalue weighted by Crippen LogP contribution is -2.60. The molecule has 1 rings (SSSR count). The number of carbonyl (C=O) groups excluding carboxylic acids is 1. The van der Waals surface area contributed by atoms with Gasteiger partial charge in [0.05, 0.1) is 25.4 Å². The third-order valence-electron chi connectivity index (χ3n) is 17.3. The number of amides is 1. The van der Waals surface area contributed by atoms with Crippen molar-refractivity contribution in [1.29, 1.82) is 0 Å². The highest BCUT2D eigenvalue weighted by Gasteiger charge is 2.44. The van der Waals surface area contributed by atoms with E-state index in [1.54, 1.807) is 6.08 Å². The molecule has 1 saturated heterocycles. The van der Waals surface area contributed by atoms with E-state index in [2.05, 4.69) is 67.8 Å². The first-order valence-corrected chi connectivity index (χ1v) is 36.5. The van der Waals surface area contributed by atoms with E-state index in [9.17, 15) is 30.3 Å². The predicted octanol–water partition coefficient (Wildman–Crippen LogP) is 20.1. The standard InChI is InChI=1S/C75H139NO8/c1-3-5-7-9-11-13-15-17-19-21-23-25-27-29-31-33-35-37-39-41-43-45-47-49-51-53-55-57-59-61-63-65-71(79)76-68(67-83-75-74(82)73(81)72(80)70(66-77)84-75)69(78)64-62-60-58-56-54-52-50-48-46-44-42-40-38-36-34-32-30-28-26-24-22-20-18-16-14-12-10-8-6-4-2/h5,7,11,13,17,19,23,25,62,64,68-70,72-75,77-78,80-82H,3-4,6,8-10,12,14-16,18,20-22,24,26-61,63,65-67H2,1-2H3,(H,76,79)/b7-5-,13-11-,19-17-,25-23-,64-62+. The molecule has 0 bridgehead atoms. The first-order valence-electron chi connectivity index (χ1n) is 36.5. The first kappa shape index (κ1) is 79.9. The molecule has 1 aliphatic rings. The normalized spacial score (nSPS) is 18.5. The van der Waals surface area contributed by atoms with Crippen LogP contribution in [0.1, 0.15) is 354 Å². The lowest BCUT2D eigenvalue weighted by molar-refractivity contribution is -0.302. The van der Waals surface area contributed by atoms with Gasteiger partial charge >= 0.3 is 0 Å². The summed E-state index contributed by atoms with van der Waals surface area (Å²) in [6.45, 7) is 3.72. The van der Waals surface area contributed by atoms with Gasteiger partial charge in [-0.05, 0) is 57.8 Å². The molecule has 7 unspecified atom stereocenters. The summed E-state index contributed by atoms with van der Waals surface area (Å²) in [4.78, 5) is 13.1. The molecule has 492 valence electrons. The van der Waals surface area contributed by atoms with Crippen molar-refractivity contribution in [2.24, 2.45) is 0 Å². The second-order valence-electron chi connectivity index (χ2n) is 25.4. The highest BCUT2D eigenvalue weighted by atomic mass is 16.7. The number of allylic oxidation sites excluding steroid dienone is 9. The number of aliphatic hydroxyl groups excluding tert-OH is 5. The van der Waals surface area contributed by atoms with E-state index in [1.165, 1.54) is 270 Å². The lowest BCUT2D eigenvalue weighted by atomic mass is 9.99. The van der Waals surface area contributed by atoms with Crippen molar-refractivity contribution < 1.29 is 39.8 Å². The van der Waals surface area contributed by atoms with Crippen molar-refractivity contribution in [3.8, 4) is 0 Å². The molecule has 0 aliphatic carbocycles. The Bertz CT molecular complexity index is 1510. The number of unbranched alkanes of at least 4 members (excludes halogenated alkanes) is 46. The predicted molar refractivity (Wildman–Crippen MR) is 359 cm³/mol. The lowest BCUT2D eigenvalue weighted by Gasteiger charge is -2.40. The summed E-state index contributed by atoms with van der Waals surface area (Å²) in [5, 5.41) is 54.8. The molecule has 1 amide bonds. The van der Waals surface area contributed by atoms with Gasteiger partial charge < -0.3 is 40.3 Å². The smallest absolute Gasteiger partial charge is 0.220 e. The van der Waals surface area contributed by atoms with Gasteiger partial charge in [0.15, 0.2) is 6.29 Å². The summed E-state index contributed by atoms with van der Waals surface area (Å²) in [6.07, 6.45) is 81.9. The molecule has 9 nitrogen and oxygen atoms in total. The number of hydrogen-bond acceptors (Lipinski definition) is 8. The van der Waals surface area contributed by atoms with Crippen molar-refractivity contribution >= 4 is 5.91 Å². The number of aliphatic hydroxyl groups is 5. The van der Waals surface area contributed by atoms with Gasteiger partial charge in [0.1, 0.15) is 24.4 Å². The zero-order valence-corrected chi connectivity index (χ0v) is 55.2. The Morgan fingerprint density at radius 1 is 0.417 bits per heavy atom. The molecule has 6 N–H and O–H groups in total. The minimum Gasteiger partial charge on any atom is -0.394 e. The fourth-order valence-corrected chi connectivity index (χ4v) is 11.7. The molecule has 0 radical (unpaired) electrons. The summed E-state index contributed by atoms with van der Waals surface area (Å²) in [5.41, 5.74) is 0. The summed E-state index contributed by atoms with van der Waals surface area (Å²) in [5.74, 6) is -0.172. The molecule has 0 spiro atoms. The Balaban J connectivity index is 2.11. The van der Waals surface area contributed by atoms with E-state index in [0.717, 1.165) is 64.2 Å². The zero-order chi connectivity index (χ0) is 60.7. The number of ether oxygens (including phenoxy) is 2. The third kappa shape index (κ3) is 51.9. The van der Waals surface area contributed by atoms with Gasteiger partial charge in [0, 0.05) is 6.42 Å². The molecule has 84 heavy (non-hydrogen) atoms. The maximum absolute atomic E-state index is 13.1. The van der Waals surface area contributed by atoms with Gasteiger partial charge in [-0.15, -0.1) is 0 Å². The minimum absolute atomic E-state index is 0.172. The van der Waals surface area contributed by atoms with E-state index in [1.807, 2.05) is 6.08 Å². The van der Waals surface area contributed by atoms with Crippen molar-refractivity contribution in [3.05, 3.63) is 60.8 Å². The summed E-state index contributed by atoms with van der Waals surface area (Å²) < 4.78 is 11.3. The topological polar surface area (TPSA) is 149 Å². The van der Waals surface area contributed by atoms with Gasteiger partial charge in [0.2, 0.25) is 5.91 Å². The maximum atomic E-state index is 13.1. The van der Waals surface area contributed by atoms with Crippen LogP contribution in [-0.4, -0.2) is 87.5 Å². The number of carbonyl (C=O) groups is 1. The van der Waals surface area contributed by atoms with Crippen LogP contribution in [0.15, 0.2) is 60.8 Å². The van der Waals surface area contributed by atoms with Crippen molar-refractivity contribution in [1.82, 2.24) is 5.32 Å². The fraction of sp³-hybridized carbons (Fsp3) is 0.853. The van der Waals surface area contributed by atoms with Crippen LogP contribution in [0.3, 0.4) is 0 Å². The van der Waals surface area contributed by atoms with E-state index >= 15 is 0 Å². The Morgan fingerprint density at radius 2 is 0.738 bits per heavy atom. The highest BCUT2D eigenvalue weighted by molar-refractivity contribution is 5.76. The van der Waals surface area contributed by atoms with Crippen LogP contribution in [0.25, 0.3) is 0 Å². The van der Waals surface area contributed by atoms with Crippen LogP contribution in [0.4, 0.5) is 0 Å². The summed E-state index contributed by atoms with van der Waals surface area (Å²) in [7, 11) is 0. The van der Waals surface area contributed by atoms with Gasteiger partial charge in [0.25, 0.3) is 0 Å². The molecular formula is C75H139NO8. The largest absolute Gasteiger partial charge is 0.394 e. The molecule has 1 heterocycles. The van der Waals surface area contributed by atoms with Crippen molar-refractivity contribution in [3.63, 3.8) is 0 Å². The van der Waals surface area contributed by atoms with Crippen LogP contribution < -0.4 is 5.32 Å². The second-order valence-corrected chi connectivity index (χ2v) is 25.4. The second kappa shape index (κ2) is 63.9. The number of hydrogen-bond donors (Lipinski definition) is 6. The van der Waals surface area contributed by atoms with Gasteiger partial charge in [-0.1, -0.05) is 351 Å². The van der Waals surface area contributed by atoms with Crippen LogP contribution in [0, 0.1) is 0 Å². The molecule has 0 aromatic heterocycles. The van der Waals surface area contributed by atoms with Crippen molar-refractivity contribution in [2.75, 3.05) is 13.2 Å². The molecule has 0 saturated carbocycles. The average molecular weight is 1180 g/mol. The summed E-state index contributed by atoms with van der Waals surface area (Å²) in [6, 6.07) is -0.808. The van der Waals surface area contributed by atoms with Crippen LogP contribution in [0.5, 0.6) is 0 Å². The molecule has 0 aromatic carbocycles. The molecule has 1 fully saturated rings. The fourth-order valence-electron chi connectivity index (χ4n) is 11.7. The van der Waals surface area contributed by atoms with E-state index in [-0.39, 0.29) is 12.5 Å². The first-order chi connectivity index (χ1) is 41.3. The molecule has 9 heteroatoms. The molecule has 7 atom stereocenters. The number of rotatable bonds is 64. The van der Waals surface area contributed by atoms with E-state index < -0.39 is 49.5 Å². The van der Waals surface area contributed by atoms with E-state index in [0.29, 0.717) is 6.42 Å². The van der Waals surface area contributed by atoms with Gasteiger partial charge in [-0.3, -0.25) is 4.79 Å². The molecule has 1 aliphatic heterocycles. The van der Waals surface area contributed by atoms with Crippen LogP contribution >= 0.6 is 0 Å². The summed E-state index contributed by atoms with van der Waals surface area (Å²) >= 11 is 0. The average Bonchev–Trinajstić information content (AvgIpc) is 3.70. The minimum atomic E-state index is -1.57. The van der Waals surface area contributed by atoms with Gasteiger partial charge in [-0.25, -0.2) is 0 Å². The Labute approximate surface area is 519 Å². The van der Waals surface area contributed by atoms with E-state index in [4.69, 9.17) is 9.47 Å². The molecular weight excluding hydrogens is 1040 g/mol. The monoisotopic (exact) mass is 1180 g/mol. The SMILES string of the molecule is CC/C=C\C/C=C\C/C=C\C/C=C\CCCCCCCCCCCCCCCCCCCCC(=O)NC(COC1OC(CO)C(O)C(O)C1O)C(O)/C=C/CCCCCCCCCCCCCCCCCCCCCCCCCCCCCC. The van der Waals surface area contributed by atoms with Crippen molar-refractivity contribution in [2.45, 2.75) is 397 Å². The Kier molecular flexibility index (Phi) is 60.8. The highest BCUT2D eigenvalue weighted by Crippen LogP contribution is 2.24. The van der Waals surface area contributed by atoms with Crippen LogP contribution in [-0.2, 0) is 14.3 Å². The third-order valence-corrected chi connectivity index (χ3v) is 17.3. The zero-order valence-electron chi connectivity index (χ0n) is 55.2. The Hall–Kier alpha value is -2.11. The Morgan fingerprint density at radius 3 is 1.10 bits per heavy atom. The quantitative estimate of drug-likeness (QED) is 0.0261. The number of nitrogens with one attached hydrogen (secondary N) is 1.